The Bertz CT molecular complexity index is 899. The maximum absolute atomic E-state index is 5.65. The van der Waals surface area contributed by atoms with Crippen molar-refractivity contribution in [3.63, 3.8) is 0 Å². The van der Waals surface area contributed by atoms with Crippen LogP contribution >= 0.6 is 0 Å². The van der Waals surface area contributed by atoms with E-state index in [0.29, 0.717) is 5.92 Å². The van der Waals surface area contributed by atoms with Crippen LogP contribution in [-0.4, -0.2) is 22.8 Å². The summed E-state index contributed by atoms with van der Waals surface area (Å²) in [6.07, 6.45) is 17.7. The maximum atomic E-state index is 5.65. The lowest BCUT2D eigenvalue weighted by atomic mass is 9.87. The lowest BCUT2D eigenvalue weighted by Gasteiger charge is -2.17. The Morgan fingerprint density at radius 2 is 2.14 bits per heavy atom. The summed E-state index contributed by atoms with van der Waals surface area (Å²) in [5, 5.41) is 0. The van der Waals surface area contributed by atoms with Gasteiger partial charge in [0.25, 0.3) is 0 Å². The molecule has 2 aromatic rings. The zero-order chi connectivity index (χ0) is 20.1. The number of rotatable bonds is 6. The van der Waals surface area contributed by atoms with E-state index in [9.17, 15) is 0 Å². The number of hydrogen-bond acceptors (Lipinski definition) is 2. The average Bonchev–Trinajstić information content (AvgIpc) is 3.47. The molecule has 0 spiro atoms. The molecule has 2 aromatic heterocycles. The second-order valence-corrected chi connectivity index (χ2v) is 8.28. The summed E-state index contributed by atoms with van der Waals surface area (Å²) in [6.45, 7) is 2.29. The molecule has 4 nitrogen and oxygen atoms in total. The van der Waals surface area contributed by atoms with Crippen molar-refractivity contribution in [3.05, 3.63) is 64.6 Å². The van der Waals surface area contributed by atoms with Gasteiger partial charge >= 0.3 is 0 Å². The van der Waals surface area contributed by atoms with Gasteiger partial charge in [-0.2, -0.15) is 0 Å². The van der Waals surface area contributed by atoms with Crippen molar-refractivity contribution in [3.8, 4) is 0 Å². The van der Waals surface area contributed by atoms with Gasteiger partial charge in [0.05, 0.1) is 18.5 Å². The Morgan fingerprint density at radius 3 is 2.93 bits per heavy atom. The third-order valence-electron chi connectivity index (χ3n) is 6.17. The first kappa shape index (κ1) is 19.8. The summed E-state index contributed by atoms with van der Waals surface area (Å²) < 4.78 is 5.65. The highest BCUT2D eigenvalue weighted by Gasteiger charge is 2.21. The smallest absolute Gasteiger partial charge is 0.146 e. The molecule has 0 amide bonds. The first-order valence-electron chi connectivity index (χ1n) is 11.2. The Morgan fingerprint density at radius 1 is 1.24 bits per heavy atom. The van der Waals surface area contributed by atoms with Crippen LogP contribution in [0.2, 0.25) is 0 Å². The Balaban J connectivity index is 1.70. The molecule has 1 aliphatic heterocycles. The number of nitrogens with zero attached hydrogens (tertiary/aromatic N) is 1. The normalized spacial score (nSPS) is 21.2. The summed E-state index contributed by atoms with van der Waals surface area (Å²) in [5.74, 6) is 1.46. The average molecular weight is 392 g/mol. The Hall–Kier alpha value is -2.49. The molecule has 154 valence electrons. The van der Waals surface area contributed by atoms with Crippen LogP contribution in [-0.2, 0) is 11.2 Å². The van der Waals surface area contributed by atoms with E-state index in [0.717, 1.165) is 29.3 Å². The van der Waals surface area contributed by atoms with Gasteiger partial charge in [-0.25, -0.2) is 4.99 Å². The van der Waals surface area contributed by atoms with Gasteiger partial charge in [0.2, 0.25) is 0 Å². The molecule has 2 aliphatic rings. The molecular weight excluding hydrogens is 358 g/mol. The van der Waals surface area contributed by atoms with Gasteiger partial charge in [0, 0.05) is 23.7 Å². The zero-order valence-electron chi connectivity index (χ0n) is 17.8. The van der Waals surface area contributed by atoms with Gasteiger partial charge in [0.1, 0.15) is 11.5 Å². The number of H-pyrrole nitrogens is 2. The van der Waals surface area contributed by atoms with Crippen LogP contribution in [0.15, 0.2) is 46.9 Å². The SMILES string of the molecule is CCCC[C@H]1CCCCCCc2cc1c(/C=C1/N=C(c3ccc[nH]3)C=C1OC)[nH]2. The van der Waals surface area contributed by atoms with E-state index in [-0.39, 0.29) is 0 Å². The number of allylic oxidation sites excluding steroid dienone is 1. The maximum Gasteiger partial charge on any atom is 0.146 e. The monoisotopic (exact) mass is 391 g/mol. The van der Waals surface area contributed by atoms with Crippen LogP contribution in [0.4, 0.5) is 0 Å². The van der Waals surface area contributed by atoms with Gasteiger partial charge in [-0.05, 0) is 61.4 Å². The summed E-state index contributed by atoms with van der Waals surface area (Å²) in [5.41, 5.74) is 6.90. The van der Waals surface area contributed by atoms with Gasteiger partial charge in [-0.15, -0.1) is 0 Å². The van der Waals surface area contributed by atoms with Crippen LogP contribution in [0.1, 0.15) is 86.9 Å². The summed E-state index contributed by atoms with van der Waals surface area (Å²) in [7, 11) is 1.72. The molecule has 4 rings (SSSR count). The number of aliphatic imine (C=N–C) groups is 1. The quantitative estimate of drug-likeness (QED) is 0.580. The largest absolute Gasteiger partial charge is 0.494 e. The summed E-state index contributed by atoms with van der Waals surface area (Å²) in [4.78, 5) is 11.8. The lowest BCUT2D eigenvalue weighted by molar-refractivity contribution is 0.303. The molecule has 4 heteroatoms. The van der Waals surface area contributed by atoms with Gasteiger partial charge in [0.15, 0.2) is 0 Å². The molecule has 0 radical (unpaired) electrons. The number of aromatic nitrogens is 2. The molecule has 0 saturated carbocycles. The van der Waals surface area contributed by atoms with Crippen LogP contribution < -0.4 is 0 Å². The zero-order valence-corrected chi connectivity index (χ0v) is 17.8. The van der Waals surface area contributed by atoms with Crippen molar-refractivity contribution < 1.29 is 4.74 Å². The first-order chi connectivity index (χ1) is 14.3. The molecule has 0 aromatic carbocycles. The molecule has 2 N–H and O–H groups in total. The molecule has 2 bridgehead atoms. The number of unbranched alkanes of at least 4 members (excludes halogenated alkanes) is 1. The van der Waals surface area contributed by atoms with Gasteiger partial charge in [-0.1, -0.05) is 39.0 Å². The van der Waals surface area contributed by atoms with E-state index in [2.05, 4.69) is 29.0 Å². The fraction of sp³-hybridized carbons (Fsp3) is 0.480. The summed E-state index contributed by atoms with van der Waals surface area (Å²) in [6, 6.07) is 6.47. The predicted molar refractivity (Wildman–Crippen MR) is 120 cm³/mol. The Kier molecular flexibility index (Phi) is 6.38. The molecule has 1 atom stereocenters. The van der Waals surface area contributed by atoms with E-state index < -0.39 is 0 Å². The highest BCUT2D eigenvalue weighted by atomic mass is 16.5. The molecule has 0 fully saturated rings. The molecule has 3 heterocycles. The second-order valence-electron chi connectivity index (χ2n) is 8.28. The van der Waals surface area contributed by atoms with E-state index in [1.807, 2.05) is 24.4 Å². The standard InChI is InChI=1S/C25H33N3O/c1-3-4-10-18-11-7-5-6-8-12-19-15-20(18)22(27-19)16-24-25(29-2)17-23(28-24)21-13-9-14-26-21/h9,13-18,26-27H,3-8,10-12H2,1-2H3/b24-16+/t18-/m0/s1. The minimum atomic E-state index is 0.633. The van der Waals surface area contributed by atoms with Crippen molar-refractivity contribution in [1.29, 1.82) is 0 Å². The molecule has 29 heavy (non-hydrogen) atoms. The lowest BCUT2D eigenvalue weighted by Crippen LogP contribution is -2.01. The molecule has 1 aliphatic carbocycles. The Labute approximate surface area is 174 Å². The van der Waals surface area contributed by atoms with Crippen LogP contribution in [0.3, 0.4) is 0 Å². The highest BCUT2D eigenvalue weighted by molar-refractivity contribution is 6.11. The van der Waals surface area contributed by atoms with Crippen molar-refractivity contribution in [1.82, 2.24) is 9.97 Å². The number of aryl methyl sites for hydroxylation is 1. The van der Waals surface area contributed by atoms with Crippen molar-refractivity contribution >= 4 is 11.8 Å². The number of methoxy groups -OCH3 is 1. The first-order valence-corrected chi connectivity index (χ1v) is 11.2. The minimum Gasteiger partial charge on any atom is -0.494 e. The van der Waals surface area contributed by atoms with Gasteiger partial charge in [-0.3, -0.25) is 0 Å². The highest BCUT2D eigenvalue weighted by Crippen LogP contribution is 2.35. The van der Waals surface area contributed by atoms with E-state index in [1.54, 1.807) is 7.11 Å². The fourth-order valence-corrected chi connectivity index (χ4v) is 4.55. The molecule has 0 saturated heterocycles. The third-order valence-corrected chi connectivity index (χ3v) is 6.17. The minimum absolute atomic E-state index is 0.633. The number of ether oxygens (including phenoxy) is 1. The number of nitrogens with one attached hydrogen (secondary N) is 2. The van der Waals surface area contributed by atoms with Crippen LogP contribution in [0.5, 0.6) is 0 Å². The predicted octanol–water partition coefficient (Wildman–Crippen LogP) is 6.50. The van der Waals surface area contributed by atoms with E-state index >= 15 is 0 Å². The summed E-state index contributed by atoms with van der Waals surface area (Å²) >= 11 is 0. The third kappa shape index (κ3) is 4.58. The van der Waals surface area contributed by atoms with Crippen molar-refractivity contribution in [2.45, 2.75) is 70.6 Å². The molecular formula is C25H33N3O. The number of fused-ring (bicyclic) bond motifs is 2. The van der Waals surface area contributed by atoms with Gasteiger partial charge < -0.3 is 14.7 Å². The second kappa shape index (κ2) is 9.34. The van der Waals surface area contributed by atoms with Crippen molar-refractivity contribution in [2.24, 2.45) is 4.99 Å². The topological polar surface area (TPSA) is 53.2 Å². The van der Waals surface area contributed by atoms with Crippen molar-refractivity contribution in [2.75, 3.05) is 7.11 Å². The van der Waals surface area contributed by atoms with Crippen LogP contribution in [0, 0.1) is 0 Å². The molecule has 0 unspecified atom stereocenters. The number of hydrogen-bond donors (Lipinski definition) is 2. The number of aromatic amines is 2. The fourth-order valence-electron chi connectivity index (χ4n) is 4.55. The van der Waals surface area contributed by atoms with E-state index in [1.165, 1.54) is 68.3 Å². The van der Waals surface area contributed by atoms with Crippen LogP contribution in [0.25, 0.3) is 6.08 Å². The van der Waals surface area contributed by atoms with E-state index in [4.69, 9.17) is 9.73 Å².